The van der Waals surface area contributed by atoms with Gasteiger partial charge in [0.1, 0.15) is 11.1 Å². The van der Waals surface area contributed by atoms with Crippen molar-refractivity contribution in [1.82, 2.24) is 9.88 Å². The number of pyridine rings is 1. The minimum atomic E-state index is -0.433. The van der Waals surface area contributed by atoms with E-state index in [1.165, 1.54) is 17.3 Å². The molecule has 1 aliphatic rings. The summed E-state index contributed by atoms with van der Waals surface area (Å²) in [6.07, 6.45) is 0.800. The Bertz CT molecular complexity index is 1260. The van der Waals surface area contributed by atoms with Crippen molar-refractivity contribution in [3.8, 4) is 6.07 Å². The fourth-order valence-electron chi connectivity index (χ4n) is 3.95. The second-order valence-electron chi connectivity index (χ2n) is 8.14. The van der Waals surface area contributed by atoms with Gasteiger partial charge in [-0.3, -0.25) is 9.69 Å². The number of nitriles is 1. The second-order valence-corrected chi connectivity index (χ2v) is 9.11. The molecule has 1 aromatic heterocycles. The Kier molecular flexibility index (Phi) is 8.14. The Hall–Kier alpha value is -3.67. The molecule has 178 valence electrons. The maximum absolute atomic E-state index is 12.5. The fourth-order valence-corrected chi connectivity index (χ4v) is 4.72. The summed E-state index contributed by atoms with van der Waals surface area (Å²) < 4.78 is 5.00. The van der Waals surface area contributed by atoms with Gasteiger partial charge in [0.2, 0.25) is 5.91 Å². The van der Waals surface area contributed by atoms with Gasteiger partial charge in [-0.15, -0.1) is 0 Å². The predicted octanol–water partition coefficient (Wildman–Crippen LogP) is 4.42. The van der Waals surface area contributed by atoms with E-state index in [4.69, 9.17) is 9.72 Å². The monoisotopic (exact) mass is 486 g/mol. The lowest BCUT2D eigenvalue weighted by Crippen LogP contribution is -2.31. The van der Waals surface area contributed by atoms with Gasteiger partial charge in [-0.1, -0.05) is 48.2 Å². The number of nitrogens with one attached hydrogen (secondary N) is 1. The zero-order valence-electron chi connectivity index (χ0n) is 19.5. The minimum absolute atomic E-state index is 0.101. The predicted molar refractivity (Wildman–Crippen MR) is 135 cm³/mol. The highest BCUT2D eigenvalue weighted by Crippen LogP contribution is 2.27. The van der Waals surface area contributed by atoms with Crippen LogP contribution in [-0.2, 0) is 29.0 Å². The number of thioether (sulfide) groups is 1. The lowest BCUT2D eigenvalue weighted by Gasteiger charge is -2.28. The van der Waals surface area contributed by atoms with Gasteiger partial charge >= 0.3 is 5.97 Å². The van der Waals surface area contributed by atoms with Crippen molar-refractivity contribution < 1.29 is 14.3 Å². The summed E-state index contributed by atoms with van der Waals surface area (Å²) in [4.78, 5) is 31.5. The first-order chi connectivity index (χ1) is 17.1. The Morgan fingerprint density at radius 2 is 2.00 bits per heavy atom. The number of hydrogen-bond donors (Lipinski definition) is 1. The average Bonchev–Trinajstić information content (AvgIpc) is 2.88. The maximum Gasteiger partial charge on any atom is 0.338 e. The topological polar surface area (TPSA) is 95.3 Å². The summed E-state index contributed by atoms with van der Waals surface area (Å²) in [6.45, 7) is 4.52. The number of rotatable bonds is 8. The van der Waals surface area contributed by atoms with Gasteiger partial charge in [0, 0.05) is 37.4 Å². The number of aromatic nitrogens is 1. The number of fused-ring (bicyclic) bond motifs is 1. The molecule has 1 N–H and O–H groups in total. The number of amides is 1. The number of anilines is 1. The quantitative estimate of drug-likeness (QED) is 0.372. The molecular formula is C27H26N4O3S. The third-order valence-corrected chi connectivity index (χ3v) is 6.57. The lowest BCUT2D eigenvalue weighted by molar-refractivity contribution is -0.113. The molecule has 4 rings (SSSR count). The van der Waals surface area contributed by atoms with Crippen molar-refractivity contribution in [2.75, 3.05) is 24.2 Å². The van der Waals surface area contributed by atoms with Crippen LogP contribution >= 0.6 is 11.8 Å². The fraction of sp³-hybridized carbons (Fsp3) is 0.259. The molecule has 2 aromatic carbocycles. The van der Waals surface area contributed by atoms with Gasteiger partial charge in [-0.05, 0) is 42.3 Å². The molecule has 0 atom stereocenters. The summed E-state index contributed by atoms with van der Waals surface area (Å²) in [5.41, 5.74) is 4.68. The molecule has 0 bridgehead atoms. The molecule has 1 amide bonds. The lowest BCUT2D eigenvalue weighted by atomic mass is 10.0. The SMILES string of the molecule is CCOC(=O)c1cccc(NC(=O)CSc2nc3c(cc2C#N)CN(Cc2ccccc2)CC3)c1. The normalized spacial score (nSPS) is 12.9. The van der Waals surface area contributed by atoms with Crippen LogP contribution in [0.4, 0.5) is 5.69 Å². The van der Waals surface area contributed by atoms with Crippen LogP contribution in [0.3, 0.4) is 0 Å². The van der Waals surface area contributed by atoms with Crippen LogP contribution in [0.25, 0.3) is 0 Å². The number of esters is 1. The molecule has 8 heteroatoms. The van der Waals surface area contributed by atoms with Gasteiger partial charge in [0.05, 0.1) is 23.5 Å². The van der Waals surface area contributed by atoms with E-state index in [9.17, 15) is 14.9 Å². The summed E-state index contributed by atoms with van der Waals surface area (Å²) >= 11 is 1.24. The Balaban J connectivity index is 1.38. The van der Waals surface area contributed by atoms with Crippen LogP contribution in [0, 0.1) is 11.3 Å². The van der Waals surface area contributed by atoms with Crippen LogP contribution in [0.1, 0.15) is 39.7 Å². The van der Waals surface area contributed by atoms with E-state index in [0.717, 1.165) is 37.3 Å². The summed E-state index contributed by atoms with van der Waals surface area (Å²) in [7, 11) is 0. The maximum atomic E-state index is 12.5. The molecule has 0 unspecified atom stereocenters. The number of carbonyl (C=O) groups excluding carboxylic acids is 2. The van der Waals surface area contributed by atoms with Crippen molar-refractivity contribution in [2.45, 2.75) is 31.5 Å². The number of benzene rings is 2. The van der Waals surface area contributed by atoms with E-state index in [1.807, 2.05) is 24.3 Å². The molecule has 0 aliphatic carbocycles. The smallest absolute Gasteiger partial charge is 0.338 e. The number of carbonyl (C=O) groups is 2. The molecule has 35 heavy (non-hydrogen) atoms. The van der Waals surface area contributed by atoms with Gasteiger partial charge in [-0.2, -0.15) is 5.26 Å². The van der Waals surface area contributed by atoms with Crippen LogP contribution < -0.4 is 5.32 Å². The Morgan fingerprint density at radius 1 is 1.17 bits per heavy atom. The van der Waals surface area contributed by atoms with Crippen LogP contribution in [0.15, 0.2) is 65.7 Å². The van der Waals surface area contributed by atoms with Crippen LogP contribution in [0.2, 0.25) is 0 Å². The van der Waals surface area contributed by atoms with Crippen molar-refractivity contribution in [3.63, 3.8) is 0 Å². The largest absolute Gasteiger partial charge is 0.462 e. The third kappa shape index (κ3) is 6.47. The van der Waals surface area contributed by atoms with E-state index in [1.54, 1.807) is 31.2 Å². The number of nitrogens with zero attached hydrogens (tertiary/aromatic N) is 3. The molecule has 0 saturated carbocycles. The van der Waals surface area contributed by atoms with Gasteiger partial charge in [0.15, 0.2) is 0 Å². The first-order valence-corrected chi connectivity index (χ1v) is 12.4. The van der Waals surface area contributed by atoms with E-state index in [-0.39, 0.29) is 18.3 Å². The van der Waals surface area contributed by atoms with E-state index in [0.29, 0.717) is 21.8 Å². The standard InChI is InChI=1S/C27H26N4O3S/c1-2-34-27(33)20-9-6-10-23(14-20)29-25(32)18-35-26-21(15-28)13-22-17-31(12-11-24(22)30-26)16-19-7-4-3-5-8-19/h3-10,13-14H,2,11-12,16-18H2,1H3,(H,29,32). The molecule has 0 saturated heterocycles. The molecule has 1 aliphatic heterocycles. The van der Waals surface area contributed by atoms with Crippen LogP contribution in [0.5, 0.6) is 0 Å². The Labute approximate surface area is 209 Å². The van der Waals surface area contributed by atoms with Gasteiger partial charge in [0.25, 0.3) is 0 Å². The van der Waals surface area contributed by atoms with Crippen molar-refractivity contribution in [1.29, 1.82) is 5.26 Å². The number of ether oxygens (including phenoxy) is 1. The molecule has 2 heterocycles. The minimum Gasteiger partial charge on any atom is -0.462 e. The van der Waals surface area contributed by atoms with Crippen molar-refractivity contribution in [2.24, 2.45) is 0 Å². The van der Waals surface area contributed by atoms with Crippen molar-refractivity contribution >= 4 is 29.3 Å². The molecule has 7 nitrogen and oxygen atoms in total. The zero-order valence-corrected chi connectivity index (χ0v) is 20.3. The van der Waals surface area contributed by atoms with Crippen LogP contribution in [-0.4, -0.2) is 40.7 Å². The average molecular weight is 487 g/mol. The first-order valence-electron chi connectivity index (χ1n) is 11.4. The number of hydrogen-bond acceptors (Lipinski definition) is 7. The Morgan fingerprint density at radius 3 is 2.77 bits per heavy atom. The summed E-state index contributed by atoms with van der Waals surface area (Å²) in [6, 6.07) is 21.1. The van der Waals surface area contributed by atoms with E-state index in [2.05, 4.69) is 28.4 Å². The molecule has 0 radical (unpaired) electrons. The first kappa shape index (κ1) is 24.5. The van der Waals surface area contributed by atoms with Crippen molar-refractivity contribution in [3.05, 3.63) is 88.6 Å². The van der Waals surface area contributed by atoms with E-state index < -0.39 is 5.97 Å². The van der Waals surface area contributed by atoms with Gasteiger partial charge < -0.3 is 10.1 Å². The highest BCUT2D eigenvalue weighted by Gasteiger charge is 2.21. The zero-order chi connectivity index (χ0) is 24.6. The highest BCUT2D eigenvalue weighted by atomic mass is 32.2. The van der Waals surface area contributed by atoms with E-state index >= 15 is 0 Å². The highest BCUT2D eigenvalue weighted by molar-refractivity contribution is 8.00. The molecular weight excluding hydrogens is 460 g/mol. The second kappa shape index (κ2) is 11.6. The molecule has 0 fully saturated rings. The molecule has 0 spiro atoms. The molecule has 3 aromatic rings. The van der Waals surface area contributed by atoms with Gasteiger partial charge in [-0.25, -0.2) is 9.78 Å². The third-order valence-electron chi connectivity index (χ3n) is 5.58. The summed E-state index contributed by atoms with van der Waals surface area (Å²) in [5.74, 6) is -0.574. The summed E-state index contributed by atoms with van der Waals surface area (Å²) in [5, 5.41) is 13.0.